The summed E-state index contributed by atoms with van der Waals surface area (Å²) in [6, 6.07) is 11.9. The van der Waals surface area contributed by atoms with E-state index in [1.165, 1.54) is 19.2 Å². The molecule has 5 heteroatoms. The van der Waals surface area contributed by atoms with E-state index in [0.29, 0.717) is 22.5 Å². The van der Waals surface area contributed by atoms with Crippen LogP contribution >= 0.6 is 0 Å². The Labute approximate surface area is 126 Å². The van der Waals surface area contributed by atoms with Crippen LogP contribution in [0.5, 0.6) is 11.5 Å². The summed E-state index contributed by atoms with van der Waals surface area (Å²) in [5, 5.41) is 10.4. The van der Waals surface area contributed by atoms with Crippen LogP contribution in [-0.4, -0.2) is 25.3 Å². The molecule has 0 bridgehead atoms. The van der Waals surface area contributed by atoms with Gasteiger partial charge < -0.3 is 19.0 Å². The normalized spacial score (nSPS) is 10.6. The quantitative estimate of drug-likeness (QED) is 0.748. The molecule has 0 aliphatic heterocycles. The predicted octanol–water partition coefficient (Wildman–Crippen LogP) is 3.60. The van der Waals surface area contributed by atoms with Crippen LogP contribution in [0.3, 0.4) is 0 Å². The second kappa shape index (κ2) is 5.44. The number of phenolic OH excluding ortho intramolecular Hbond substituents is 1. The lowest BCUT2D eigenvalue weighted by Crippen LogP contribution is -2.00. The third-order valence-electron chi connectivity index (χ3n) is 3.42. The number of benzene rings is 2. The Kier molecular flexibility index (Phi) is 3.47. The van der Waals surface area contributed by atoms with Crippen molar-refractivity contribution in [3.63, 3.8) is 0 Å². The Balaban J connectivity index is 2.20. The van der Waals surface area contributed by atoms with E-state index in [1.807, 2.05) is 24.3 Å². The number of furan rings is 1. The minimum Gasteiger partial charge on any atom is -0.504 e. The van der Waals surface area contributed by atoms with Gasteiger partial charge in [-0.05, 0) is 30.3 Å². The van der Waals surface area contributed by atoms with Gasteiger partial charge in [-0.3, -0.25) is 0 Å². The van der Waals surface area contributed by atoms with Gasteiger partial charge in [0, 0.05) is 10.9 Å². The first-order chi connectivity index (χ1) is 10.6. The number of phenols is 1. The number of carbonyl (C=O) groups is 1. The van der Waals surface area contributed by atoms with E-state index in [9.17, 15) is 9.90 Å². The van der Waals surface area contributed by atoms with Crippen molar-refractivity contribution in [1.82, 2.24) is 0 Å². The summed E-state index contributed by atoms with van der Waals surface area (Å²) in [7, 11) is 2.89. The van der Waals surface area contributed by atoms with Crippen molar-refractivity contribution >= 4 is 16.9 Å². The third kappa shape index (κ3) is 2.26. The van der Waals surface area contributed by atoms with Gasteiger partial charge in [0.2, 0.25) is 0 Å². The van der Waals surface area contributed by atoms with Crippen molar-refractivity contribution < 1.29 is 23.8 Å². The molecule has 112 valence electrons. The van der Waals surface area contributed by atoms with Crippen molar-refractivity contribution in [2.75, 3.05) is 14.2 Å². The van der Waals surface area contributed by atoms with E-state index in [2.05, 4.69) is 0 Å². The van der Waals surface area contributed by atoms with Crippen LogP contribution in [0.4, 0.5) is 0 Å². The number of esters is 1. The highest BCUT2D eigenvalue weighted by Gasteiger charge is 2.18. The van der Waals surface area contributed by atoms with Gasteiger partial charge in [-0.2, -0.15) is 0 Å². The number of hydrogen-bond donors (Lipinski definition) is 1. The fraction of sp³-hybridized carbons (Fsp3) is 0.118. The smallest absolute Gasteiger partial charge is 0.338 e. The largest absolute Gasteiger partial charge is 0.504 e. The topological polar surface area (TPSA) is 68.9 Å². The van der Waals surface area contributed by atoms with Crippen LogP contribution in [0.25, 0.3) is 22.3 Å². The summed E-state index contributed by atoms with van der Waals surface area (Å²) in [5.41, 5.74) is 1.37. The van der Waals surface area contributed by atoms with Crippen molar-refractivity contribution in [2.24, 2.45) is 0 Å². The molecule has 0 saturated heterocycles. The number of carbonyl (C=O) groups excluding carboxylic acids is 1. The number of aromatic hydroxyl groups is 1. The van der Waals surface area contributed by atoms with E-state index < -0.39 is 5.97 Å². The molecule has 22 heavy (non-hydrogen) atoms. The van der Waals surface area contributed by atoms with Gasteiger partial charge in [0.15, 0.2) is 11.3 Å². The van der Waals surface area contributed by atoms with Crippen LogP contribution < -0.4 is 4.74 Å². The first-order valence-corrected chi connectivity index (χ1v) is 6.62. The lowest BCUT2D eigenvalue weighted by atomic mass is 10.1. The van der Waals surface area contributed by atoms with Gasteiger partial charge in [0.1, 0.15) is 11.5 Å². The second-order valence-electron chi connectivity index (χ2n) is 4.71. The molecule has 0 saturated carbocycles. The first kappa shape index (κ1) is 14.0. The van der Waals surface area contributed by atoms with Gasteiger partial charge in [-0.25, -0.2) is 4.79 Å². The molecule has 0 aliphatic rings. The van der Waals surface area contributed by atoms with Crippen molar-refractivity contribution in [3.05, 3.63) is 48.0 Å². The maximum atomic E-state index is 11.8. The molecule has 0 unspecified atom stereocenters. The third-order valence-corrected chi connectivity index (χ3v) is 3.42. The first-order valence-electron chi connectivity index (χ1n) is 6.62. The number of methoxy groups -OCH3 is 2. The number of ether oxygens (including phenoxy) is 2. The minimum atomic E-state index is -0.483. The fourth-order valence-corrected chi connectivity index (χ4v) is 2.32. The van der Waals surface area contributed by atoms with Crippen LogP contribution in [0, 0.1) is 0 Å². The van der Waals surface area contributed by atoms with Gasteiger partial charge in [-0.15, -0.1) is 0 Å². The molecule has 2 aromatic carbocycles. The molecular formula is C17H14O5. The fourth-order valence-electron chi connectivity index (χ4n) is 2.32. The van der Waals surface area contributed by atoms with Crippen molar-refractivity contribution in [3.8, 4) is 22.8 Å². The van der Waals surface area contributed by atoms with E-state index >= 15 is 0 Å². The molecule has 0 amide bonds. The van der Waals surface area contributed by atoms with E-state index in [0.717, 1.165) is 5.56 Å². The van der Waals surface area contributed by atoms with Gasteiger partial charge >= 0.3 is 5.97 Å². The summed E-state index contributed by atoms with van der Waals surface area (Å²) in [6.45, 7) is 0. The number of hydrogen-bond acceptors (Lipinski definition) is 5. The Morgan fingerprint density at radius 2 is 1.95 bits per heavy atom. The standard InChI is InChI=1S/C17H14O5/c1-20-11-5-3-4-10(8-11)15-9-13-12(17(19)21-2)6-7-14(18)16(13)22-15/h3-9,18H,1-2H3. The lowest BCUT2D eigenvalue weighted by Gasteiger charge is -2.01. The van der Waals surface area contributed by atoms with Gasteiger partial charge in [-0.1, -0.05) is 12.1 Å². The number of fused-ring (bicyclic) bond motifs is 1. The van der Waals surface area contributed by atoms with Crippen molar-refractivity contribution in [2.45, 2.75) is 0 Å². The zero-order valence-electron chi connectivity index (χ0n) is 12.1. The van der Waals surface area contributed by atoms with E-state index in [4.69, 9.17) is 13.9 Å². The molecule has 0 fully saturated rings. The molecule has 3 aromatic rings. The van der Waals surface area contributed by atoms with Crippen LogP contribution in [-0.2, 0) is 4.74 Å². The summed E-state index contributed by atoms with van der Waals surface area (Å²) in [5.74, 6) is 0.704. The Bertz CT molecular complexity index is 847. The molecule has 0 spiro atoms. The Hall–Kier alpha value is -2.95. The molecule has 3 rings (SSSR count). The highest BCUT2D eigenvalue weighted by Crippen LogP contribution is 2.36. The van der Waals surface area contributed by atoms with Crippen LogP contribution in [0.15, 0.2) is 46.9 Å². The zero-order chi connectivity index (χ0) is 15.7. The van der Waals surface area contributed by atoms with Gasteiger partial charge in [0.25, 0.3) is 0 Å². The SMILES string of the molecule is COC(=O)c1ccc(O)c2oc(-c3cccc(OC)c3)cc12. The monoisotopic (exact) mass is 298 g/mol. The molecular weight excluding hydrogens is 284 g/mol. The minimum absolute atomic E-state index is 0.0307. The molecule has 0 atom stereocenters. The highest BCUT2D eigenvalue weighted by molar-refractivity contribution is 6.05. The molecule has 0 aliphatic carbocycles. The molecule has 5 nitrogen and oxygen atoms in total. The maximum absolute atomic E-state index is 11.8. The highest BCUT2D eigenvalue weighted by atomic mass is 16.5. The summed E-state index contributed by atoms with van der Waals surface area (Å²) >= 11 is 0. The summed E-state index contributed by atoms with van der Waals surface area (Å²) in [4.78, 5) is 11.8. The molecule has 1 aromatic heterocycles. The van der Waals surface area contributed by atoms with Crippen LogP contribution in [0.1, 0.15) is 10.4 Å². The summed E-state index contributed by atoms with van der Waals surface area (Å²) < 4.78 is 15.6. The zero-order valence-corrected chi connectivity index (χ0v) is 12.1. The van der Waals surface area contributed by atoms with Gasteiger partial charge in [0.05, 0.1) is 19.8 Å². The average molecular weight is 298 g/mol. The number of rotatable bonds is 3. The van der Waals surface area contributed by atoms with Crippen molar-refractivity contribution in [1.29, 1.82) is 0 Å². The summed E-state index contributed by atoms with van der Waals surface area (Å²) in [6.07, 6.45) is 0. The molecule has 1 N–H and O–H groups in total. The molecule has 0 radical (unpaired) electrons. The average Bonchev–Trinajstić information content (AvgIpc) is 3.01. The van der Waals surface area contributed by atoms with E-state index in [-0.39, 0.29) is 11.3 Å². The lowest BCUT2D eigenvalue weighted by molar-refractivity contribution is 0.0603. The maximum Gasteiger partial charge on any atom is 0.338 e. The van der Waals surface area contributed by atoms with E-state index in [1.54, 1.807) is 13.2 Å². The Morgan fingerprint density at radius 3 is 2.68 bits per heavy atom. The Morgan fingerprint density at radius 1 is 1.14 bits per heavy atom. The van der Waals surface area contributed by atoms with Crippen LogP contribution in [0.2, 0.25) is 0 Å². The second-order valence-corrected chi connectivity index (χ2v) is 4.71. The predicted molar refractivity (Wildman–Crippen MR) is 81.2 cm³/mol. The molecule has 1 heterocycles.